The average Bonchev–Trinajstić information content (AvgIpc) is 2.83. The van der Waals surface area contributed by atoms with Gasteiger partial charge in [0.25, 0.3) is 5.91 Å². The molecule has 1 atom stereocenters. The Morgan fingerprint density at radius 2 is 1.59 bits per heavy atom. The van der Waals surface area contributed by atoms with Crippen molar-refractivity contribution >= 4 is 11.9 Å². The minimum atomic E-state index is -0.997. The van der Waals surface area contributed by atoms with Gasteiger partial charge in [0.2, 0.25) is 0 Å². The monoisotopic (exact) mass is 473 g/mol. The van der Waals surface area contributed by atoms with Crippen molar-refractivity contribution < 1.29 is 28.6 Å². The fourth-order valence-electron chi connectivity index (χ4n) is 3.60. The maximum absolute atomic E-state index is 13.3. The van der Waals surface area contributed by atoms with Gasteiger partial charge in [-0.2, -0.15) is 0 Å². The number of nitrogens with zero attached hydrogens (tertiary/aromatic N) is 1. The van der Waals surface area contributed by atoms with Crippen LogP contribution in [-0.2, 0) is 27.3 Å². The summed E-state index contributed by atoms with van der Waals surface area (Å²) in [4.78, 5) is 25.9. The molecule has 0 unspecified atom stereocenters. The Labute approximate surface area is 201 Å². The average molecular weight is 474 g/mol. The zero-order valence-corrected chi connectivity index (χ0v) is 20.2. The number of benzene rings is 2. The number of ether oxygens (including phenoxy) is 2. The molecule has 0 aromatic heterocycles. The molecule has 0 spiro atoms. The van der Waals surface area contributed by atoms with E-state index in [2.05, 4.69) is 6.92 Å². The third-order valence-corrected chi connectivity index (χ3v) is 5.52. The second-order valence-electron chi connectivity index (χ2n) is 8.27. The van der Waals surface area contributed by atoms with Crippen molar-refractivity contribution in [3.05, 3.63) is 65.5 Å². The first-order valence-corrected chi connectivity index (χ1v) is 12.0. The molecule has 34 heavy (non-hydrogen) atoms. The maximum Gasteiger partial charge on any atom is 0.333 e. The summed E-state index contributed by atoms with van der Waals surface area (Å²) in [5.41, 5.74) is 1.68. The van der Waals surface area contributed by atoms with Crippen LogP contribution in [0.3, 0.4) is 0 Å². The van der Waals surface area contributed by atoms with Gasteiger partial charge >= 0.3 is 5.97 Å². The topological polar surface area (TPSA) is 76.1 Å². The molecule has 2 rings (SSSR count). The summed E-state index contributed by atoms with van der Waals surface area (Å²) < 4.78 is 24.2. The third kappa shape index (κ3) is 9.91. The number of rotatable bonds is 16. The van der Waals surface area contributed by atoms with Crippen molar-refractivity contribution in [3.63, 3.8) is 0 Å². The molecule has 0 radical (unpaired) electrons. The smallest absolute Gasteiger partial charge is 0.333 e. The van der Waals surface area contributed by atoms with Gasteiger partial charge in [-0.1, -0.05) is 56.9 Å². The van der Waals surface area contributed by atoms with E-state index in [1.165, 1.54) is 18.6 Å². The van der Waals surface area contributed by atoms with E-state index in [0.717, 1.165) is 36.8 Å². The fourth-order valence-corrected chi connectivity index (χ4v) is 3.60. The largest absolute Gasteiger partial charge is 0.484 e. The molecule has 0 saturated carbocycles. The zero-order chi connectivity index (χ0) is 24.8. The number of carbonyl (C=O) groups excluding carboxylic acids is 1. The Kier molecular flexibility index (Phi) is 12.1. The Balaban J connectivity index is 1.93. The lowest BCUT2D eigenvalue weighted by molar-refractivity contribution is -0.150. The summed E-state index contributed by atoms with van der Waals surface area (Å²) in [5.74, 6) is -0.899. The lowest BCUT2D eigenvalue weighted by Crippen LogP contribution is -2.35. The molecule has 0 aliphatic rings. The highest BCUT2D eigenvalue weighted by Gasteiger charge is 2.18. The lowest BCUT2D eigenvalue weighted by atomic mass is 10.1. The maximum atomic E-state index is 13.3. The first kappa shape index (κ1) is 27.3. The predicted octanol–water partition coefficient (Wildman–Crippen LogP) is 5.24. The highest BCUT2D eigenvalue weighted by molar-refractivity contribution is 5.77. The van der Waals surface area contributed by atoms with Crippen molar-refractivity contribution in [3.8, 4) is 5.75 Å². The van der Waals surface area contributed by atoms with Crippen molar-refractivity contribution in [1.82, 2.24) is 4.90 Å². The van der Waals surface area contributed by atoms with Crippen LogP contribution < -0.4 is 4.74 Å². The summed E-state index contributed by atoms with van der Waals surface area (Å²) in [5, 5.41) is 9.23. The van der Waals surface area contributed by atoms with Gasteiger partial charge in [0.15, 0.2) is 12.7 Å². The minimum absolute atomic E-state index is 0.105. The van der Waals surface area contributed by atoms with E-state index in [1.54, 1.807) is 48.2 Å². The SMILES string of the molecule is CCCCCCCN(Cc1ccc(F)cc1)C(=O)COc1ccc(C[C@H](OCC)C(=O)O)cc1. The second-order valence-corrected chi connectivity index (χ2v) is 8.27. The molecule has 6 nitrogen and oxygen atoms in total. The third-order valence-electron chi connectivity index (χ3n) is 5.52. The molecule has 1 N–H and O–H groups in total. The number of carboxylic acid groups (broad SMARTS) is 1. The summed E-state index contributed by atoms with van der Waals surface area (Å²) in [6.45, 7) is 5.17. The molecular weight excluding hydrogens is 437 g/mol. The number of hydrogen-bond donors (Lipinski definition) is 1. The summed E-state index contributed by atoms with van der Waals surface area (Å²) in [6, 6.07) is 13.2. The normalized spacial score (nSPS) is 11.7. The van der Waals surface area contributed by atoms with E-state index < -0.39 is 12.1 Å². The molecule has 0 bridgehead atoms. The van der Waals surface area contributed by atoms with Crippen LogP contribution in [0.25, 0.3) is 0 Å². The predicted molar refractivity (Wildman–Crippen MR) is 129 cm³/mol. The molecule has 2 aromatic rings. The Hall–Kier alpha value is -2.93. The number of carboxylic acids is 1. The first-order chi connectivity index (χ1) is 16.4. The van der Waals surface area contributed by atoms with E-state index in [9.17, 15) is 19.1 Å². The molecule has 0 aliphatic heterocycles. The van der Waals surface area contributed by atoms with Gasteiger partial charge < -0.3 is 19.5 Å². The highest BCUT2D eigenvalue weighted by atomic mass is 19.1. The lowest BCUT2D eigenvalue weighted by Gasteiger charge is -2.23. The number of hydrogen-bond acceptors (Lipinski definition) is 4. The van der Waals surface area contributed by atoms with Crippen LogP contribution in [0.2, 0.25) is 0 Å². The van der Waals surface area contributed by atoms with Gasteiger partial charge in [0.1, 0.15) is 11.6 Å². The van der Waals surface area contributed by atoms with Crippen LogP contribution in [0.4, 0.5) is 4.39 Å². The molecule has 0 aliphatic carbocycles. The fraction of sp³-hybridized carbons (Fsp3) is 0.481. The highest BCUT2D eigenvalue weighted by Crippen LogP contribution is 2.16. The van der Waals surface area contributed by atoms with Crippen molar-refractivity contribution in [2.75, 3.05) is 19.8 Å². The minimum Gasteiger partial charge on any atom is -0.484 e. The number of amides is 1. The van der Waals surface area contributed by atoms with Crippen LogP contribution in [-0.4, -0.2) is 47.7 Å². The van der Waals surface area contributed by atoms with Crippen LogP contribution in [0, 0.1) is 5.82 Å². The van der Waals surface area contributed by atoms with E-state index in [-0.39, 0.29) is 24.8 Å². The first-order valence-electron chi connectivity index (χ1n) is 12.0. The number of carbonyl (C=O) groups is 2. The number of unbranched alkanes of at least 4 members (excludes halogenated alkanes) is 4. The Morgan fingerprint density at radius 3 is 2.21 bits per heavy atom. The van der Waals surface area contributed by atoms with Crippen molar-refractivity contribution in [2.24, 2.45) is 0 Å². The van der Waals surface area contributed by atoms with Gasteiger partial charge in [-0.25, -0.2) is 9.18 Å². The van der Waals surface area contributed by atoms with Gasteiger partial charge in [-0.15, -0.1) is 0 Å². The second kappa shape index (κ2) is 15.1. The molecule has 186 valence electrons. The zero-order valence-electron chi connectivity index (χ0n) is 20.2. The van der Waals surface area contributed by atoms with Crippen LogP contribution in [0.5, 0.6) is 5.75 Å². The van der Waals surface area contributed by atoms with Crippen LogP contribution in [0.1, 0.15) is 57.1 Å². The summed E-state index contributed by atoms with van der Waals surface area (Å²) in [6.07, 6.45) is 4.82. The van der Waals surface area contributed by atoms with Crippen LogP contribution in [0.15, 0.2) is 48.5 Å². The molecule has 0 heterocycles. The molecule has 0 fully saturated rings. The van der Waals surface area contributed by atoms with Gasteiger partial charge in [-0.05, 0) is 48.7 Å². The molecule has 1 amide bonds. The van der Waals surface area contributed by atoms with Gasteiger partial charge in [-0.3, -0.25) is 4.79 Å². The van der Waals surface area contributed by atoms with E-state index in [1.807, 2.05) is 0 Å². The molecule has 0 saturated heterocycles. The van der Waals surface area contributed by atoms with E-state index in [0.29, 0.717) is 25.4 Å². The number of halogens is 1. The Bertz CT molecular complexity index is 870. The van der Waals surface area contributed by atoms with E-state index in [4.69, 9.17) is 9.47 Å². The molecule has 2 aromatic carbocycles. The van der Waals surface area contributed by atoms with Crippen LogP contribution >= 0.6 is 0 Å². The standard InChI is InChI=1S/C27H36FNO5/c1-3-5-6-7-8-17-29(19-22-9-13-23(28)14-10-22)26(30)20-34-24-15-11-21(12-16-24)18-25(27(31)32)33-4-2/h9-16,25H,3-8,17-20H2,1-2H3,(H,31,32)/t25-/m0/s1. The quantitative estimate of drug-likeness (QED) is 0.338. The Morgan fingerprint density at radius 1 is 0.941 bits per heavy atom. The number of aliphatic carboxylic acids is 1. The van der Waals surface area contributed by atoms with Crippen molar-refractivity contribution in [2.45, 2.75) is 65.0 Å². The van der Waals surface area contributed by atoms with Gasteiger partial charge in [0.05, 0.1) is 0 Å². The van der Waals surface area contributed by atoms with Gasteiger partial charge in [0, 0.05) is 26.1 Å². The van der Waals surface area contributed by atoms with E-state index >= 15 is 0 Å². The van der Waals surface area contributed by atoms with Crippen molar-refractivity contribution in [1.29, 1.82) is 0 Å². The molecular formula is C27H36FNO5. The summed E-state index contributed by atoms with van der Waals surface area (Å²) >= 11 is 0. The summed E-state index contributed by atoms with van der Waals surface area (Å²) in [7, 11) is 0. The molecule has 7 heteroatoms.